The Balaban J connectivity index is 1.77. The Morgan fingerprint density at radius 3 is 2.15 bits per heavy atom. The van der Waals surface area contributed by atoms with Crippen LogP contribution in [0, 0.1) is 11.6 Å². The number of benzene rings is 2. The van der Waals surface area contributed by atoms with E-state index in [1.807, 2.05) is 0 Å². The number of hydrogen-bond acceptors (Lipinski definition) is 4. The van der Waals surface area contributed by atoms with Crippen LogP contribution in [0.15, 0.2) is 48.7 Å². The second kappa shape index (κ2) is 9.59. The monoisotopic (exact) mass is 505 g/mol. The summed E-state index contributed by atoms with van der Waals surface area (Å²) in [5, 5.41) is 3.27. The number of urea groups is 1. The predicted molar refractivity (Wildman–Crippen MR) is 109 cm³/mol. The van der Waals surface area contributed by atoms with E-state index in [2.05, 4.69) is 10.3 Å². The summed E-state index contributed by atoms with van der Waals surface area (Å²) in [5.74, 6) is -4.89. The highest BCUT2D eigenvalue weighted by molar-refractivity contribution is 6.37. The Morgan fingerprint density at radius 1 is 0.970 bits per heavy atom. The molecule has 0 radical (unpaired) electrons. The highest BCUT2D eigenvalue weighted by Crippen LogP contribution is 2.42. The molecule has 0 aliphatic heterocycles. The van der Waals surface area contributed by atoms with Crippen molar-refractivity contribution in [3.05, 3.63) is 81.5 Å². The molecule has 0 fully saturated rings. The maximum absolute atomic E-state index is 13.7. The van der Waals surface area contributed by atoms with E-state index in [0.29, 0.717) is 0 Å². The summed E-state index contributed by atoms with van der Waals surface area (Å²) in [6.07, 6.45) is -3.69. The van der Waals surface area contributed by atoms with Crippen LogP contribution < -0.4 is 15.4 Å². The first-order valence-corrected chi connectivity index (χ1v) is 9.48. The number of aromatic nitrogens is 1. The van der Waals surface area contributed by atoms with Crippen molar-refractivity contribution >= 4 is 40.8 Å². The Bertz CT molecular complexity index is 1190. The van der Waals surface area contributed by atoms with Crippen LogP contribution in [0.3, 0.4) is 0 Å². The fourth-order valence-electron chi connectivity index (χ4n) is 2.56. The van der Waals surface area contributed by atoms with Crippen molar-refractivity contribution in [1.29, 1.82) is 0 Å². The SMILES string of the molecule is O=C(NC(=O)c1c(F)cccc1F)Nc1cc(Cl)c(Oc2ncccc2C(F)(F)F)c(Cl)c1. The molecular formula is C20H10Cl2F5N3O3. The number of pyridine rings is 1. The van der Waals surface area contributed by atoms with Gasteiger partial charge in [-0.15, -0.1) is 0 Å². The lowest BCUT2D eigenvalue weighted by atomic mass is 10.2. The fourth-order valence-corrected chi connectivity index (χ4v) is 3.12. The van der Waals surface area contributed by atoms with E-state index in [-0.39, 0.29) is 21.5 Å². The number of rotatable bonds is 4. The van der Waals surface area contributed by atoms with Crippen molar-refractivity contribution in [2.24, 2.45) is 0 Å². The quantitative estimate of drug-likeness (QED) is 0.400. The van der Waals surface area contributed by atoms with Gasteiger partial charge >= 0.3 is 12.2 Å². The molecular weight excluding hydrogens is 496 g/mol. The van der Waals surface area contributed by atoms with Gasteiger partial charge < -0.3 is 10.1 Å². The predicted octanol–water partition coefficient (Wildman–Crippen LogP) is 6.44. The Labute approximate surface area is 192 Å². The van der Waals surface area contributed by atoms with E-state index in [4.69, 9.17) is 27.9 Å². The first-order chi connectivity index (χ1) is 15.5. The van der Waals surface area contributed by atoms with Gasteiger partial charge in [0.25, 0.3) is 5.91 Å². The molecule has 2 aromatic carbocycles. The number of ether oxygens (including phenoxy) is 1. The molecule has 3 amide bonds. The maximum atomic E-state index is 13.7. The number of imide groups is 1. The molecule has 0 saturated heterocycles. The largest absolute Gasteiger partial charge is 0.435 e. The van der Waals surface area contributed by atoms with Gasteiger partial charge in [0.05, 0.1) is 10.0 Å². The Morgan fingerprint density at radius 2 is 1.58 bits per heavy atom. The molecule has 13 heteroatoms. The van der Waals surface area contributed by atoms with Crippen LogP contribution in [-0.2, 0) is 6.18 Å². The van der Waals surface area contributed by atoms with Gasteiger partial charge in [-0.1, -0.05) is 29.3 Å². The topological polar surface area (TPSA) is 80.3 Å². The summed E-state index contributed by atoms with van der Waals surface area (Å²) >= 11 is 12.0. The Kier molecular flexibility index (Phi) is 7.04. The smallest absolute Gasteiger partial charge is 0.421 e. The molecule has 0 bridgehead atoms. The van der Waals surface area contributed by atoms with Crippen LogP contribution >= 0.6 is 23.2 Å². The van der Waals surface area contributed by atoms with Crippen molar-refractivity contribution in [1.82, 2.24) is 10.3 Å². The number of anilines is 1. The molecule has 0 spiro atoms. The van der Waals surface area contributed by atoms with Crippen LogP contribution in [0.5, 0.6) is 11.6 Å². The summed E-state index contributed by atoms with van der Waals surface area (Å²) in [6, 6.07) is 5.46. The van der Waals surface area contributed by atoms with Crippen LogP contribution in [0.25, 0.3) is 0 Å². The van der Waals surface area contributed by atoms with E-state index < -0.39 is 46.8 Å². The van der Waals surface area contributed by atoms with E-state index in [0.717, 1.165) is 48.7 Å². The molecule has 2 N–H and O–H groups in total. The molecule has 6 nitrogen and oxygen atoms in total. The van der Waals surface area contributed by atoms with Gasteiger partial charge in [0.15, 0.2) is 5.75 Å². The van der Waals surface area contributed by atoms with Crippen LogP contribution in [0.1, 0.15) is 15.9 Å². The summed E-state index contributed by atoms with van der Waals surface area (Å²) in [6.45, 7) is 0. The van der Waals surface area contributed by atoms with Crippen molar-refractivity contribution < 1.29 is 36.3 Å². The zero-order valence-electron chi connectivity index (χ0n) is 15.9. The molecule has 3 rings (SSSR count). The third kappa shape index (κ3) is 5.68. The van der Waals surface area contributed by atoms with Gasteiger partial charge in [-0.25, -0.2) is 18.6 Å². The van der Waals surface area contributed by atoms with Crippen molar-refractivity contribution in [3.63, 3.8) is 0 Å². The van der Waals surface area contributed by atoms with Gasteiger partial charge in [-0.05, 0) is 36.4 Å². The molecule has 3 aromatic rings. The summed E-state index contributed by atoms with van der Waals surface area (Å²) in [5.41, 5.74) is -2.24. The normalized spacial score (nSPS) is 11.1. The average Bonchev–Trinajstić information content (AvgIpc) is 2.70. The molecule has 1 aromatic heterocycles. The van der Waals surface area contributed by atoms with Gasteiger partial charge in [0.1, 0.15) is 22.8 Å². The van der Waals surface area contributed by atoms with Crippen LogP contribution in [-0.4, -0.2) is 16.9 Å². The second-order valence-electron chi connectivity index (χ2n) is 6.23. The molecule has 0 saturated carbocycles. The molecule has 0 unspecified atom stereocenters. The molecule has 0 atom stereocenters. The minimum absolute atomic E-state index is 0.103. The van der Waals surface area contributed by atoms with E-state index >= 15 is 0 Å². The Hall–Kier alpha value is -3.44. The zero-order valence-corrected chi connectivity index (χ0v) is 17.4. The first kappa shape index (κ1) is 24.2. The van der Waals surface area contributed by atoms with Crippen molar-refractivity contribution in [2.45, 2.75) is 6.18 Å². The van der Waals surface area contributed by atoms with Crippen LogP contribution in [0.4, 0.5) is 32.4 Å². The number of halogens is 7. The number of alkyl halides is 3. The molecule has 33 heavy (non-hydrogen) atoms. The lowest BCUT2D eigenvalue weighted by Gasteiger charge is -2.15. The number of carbonyl (C=O) groups is 2. The number of amides is 3. The lowest BCUT2D eigenvalue weighted by Crippen LogP contribution is -2.35. The zero-order chi connectivity index (χ0) is 24.3. The number of nitrogens with one attached hydrogen (secondary N) is 2. The highest BCUT2D eigenvalue weighted by Gasteiger charge is 2.35. The third-order valence-corrected chi connectivity index (χ3v) is 4.51. The summed E-state index contributed by atoms with van der Waals surface area (Å²) in [7, 11) is 0. The van der Waals surface area contributed by atoms with Gasteiger partial charge in [0.2, 0.25) is 5.88 Å². The van der Waals surface area contributed by atoms with E-state index in [9.17, 15) is 31.5 Å². The lowest BCUT2D eigenvalue weighted by molar-refractivity contribution is -0.138. The fraction of sp³-hybridized carbons (Fsp3) is 0.0500. The van der Waals surface area contributed by atoms with Crippen molar-refractivity contribution in [3.8, 4) is 11.6 Å². The number of nitrogens with zero attached hydrogens (tertiary/aromatic N) is 1. The molecule has 1 heterocycles. The third-order valence-electron chi connectivity index (χ3n) is 3.95. The standard InChI is InChI=1S/C20H10Cl2F5N3O3/c21-11-7-9(29-19(32)30-17(31)15-13(23)4-1-5-14(15)24)8-12(22)16(11)33-18-10(20(25,26)27)3-2-6-28-18/h1-8H,(H2,29,30,31,32). The molecule has 0 aliphatic carbocycles. The summed E-state index contributed by atoms with van der Waals surface area (Å²) in [4.78, 5) is 27.5. The maximum Gasteiger partial charge on any atom is 0.421 e. The van der Waals surface area contributed by atoms with Crippen molar-refractivity contribution in [2.75, 3.05) is 5.32 Å². The van der Waals surface area contributed by atoms with E-state index in [1.54, 1.807) is 5.32 Å². The summed E-state index contributed by atoms with van der Waals surface area (Å²) < 4.78 is 71.8. The minimum atomic E-state index is -4.76. The molecule has 172 valence electrons. The van der Waals surface area contributed by atoms with Crippen LogP contribution in [0.2, 0.25) is 10.0 Å². The first-order valence-electron chi connectivity index (χ1n) is 8.73. The highest BCUT2D eigenvalue weighted by atomic mass is 35.5. The number of hydrogen-bond donors (Lipinski definition) is 2. The van der Waals surface area contributed by atoms with Gasteiger partial charge in [0, 0.05) is 11.9 Å². The second-order valence-corrected chi connectivity index (χ2v) is 7.04. The van der Waals surface area contributed by atoms with E-state index in [1.165, 1.54) is 0 Å². The van der Waals surface area contributed by atoms with Gasteiger partial charge in [-0.2, -0.15) is 13.2 Å². The minimum Gasteiger partial charge on any atom is -0.435 e. The average molecular weight is 506 g/mol. The number of carbonyl (C=O) groups excluding carboxylic acids is 2. The van der Waals surface area contributed by atoms with Gasteiger partial charge in [-0.3, -0.25) is 10.1 Å². The molecule has 0 aliphatic rings.